The summed E-state index contributed by atoms with van der Waals surface area (Å²) in [7, 11) is 3.05. The Morgan fingerprint density at radius 2 is 1.64 bits per heavy atom. The van der Waals surface area contributed by atoms with Crippen molar-refractivity contribution < 1.29 is 28.5 Å². The fourth-order valence-corrected chi connectivity index (χ4v) is 2.07. The van der Waals surface area contributed by atoms with E-state index in [-0.39, 0.29) is 19.0 Å². The van der Waals surface area contributed by atoms with Crippen molar-refractivity contribution in [2.24, 2.45) is 0 Å². The zero-order chi connectivity index (χ0) is 18.2. The van der Waals surface area contributed by atoms with Gasteiger partial charge in [0.25, 0.3) is 0 Å². The maximum Gasteiger partial charge on any atom is 0.344 e. The molecule has 2 aromatic rings. The van der Waals surface area contributed by atoms with Gasteiger partial charge in [0.2, 0.25) is 0 Å². The van der Waals surface area contributed by atoms with Crippen LogP contribution in [0.4, 0.5) is 0 Å². The van der Waals surface area contributed by atoms with Crippen molar-refractivity contribution in [1.82, 2.24) is 0 Å². The Labute approximate surface area is 146 Å². The molecular formula is C19H20O6. The van der Waals surface area contributed by atoms with Crippen molar-refractivity contribution in [2.45, 2.75) is 13.5 Å². The van der Waals surface area contributed by atoms with Crippen LogP contribution in [0.3, 0.4) is 0 Å². The first-order valence-corrected chi connectivity index (χ1v) is 7.64. The smallest absolute Gasteiger partial charge is 0.344 e. The Kier molecular flexibility index (Phi) is 6.39. The van der Waals surface area contributed by atoms with Crippen molar-refractivity contribution in [3.63, 3.8) is 0 Å². The molecule has 0 bridgehead atoms. The third kappa shape index (κ3) is 5.24. The molecule has 6 heteroatoms. The van der Waals surface area contributed by atoms with E-state index < -0.39 is 5.97 Å². The van der Waals surface area contributed by atoms with Gasteiger partial charge in [-0.05, 0) is 42.8 Å². The van der Waals surface area contributed by atoms with E-state index in [2.05, 4.69) is 0 Å². The summed E-state index contributed by atoms with van der Waals surface area (Å²) >= 11 is 0. The van der Waals surface area contributed by atoms with Crippen LogP contribution in [0.5, 0.6) is 17.2 Å². The molecule has 0 radical (unpaired) electrons. The van der Waals surface area contributed by atoms with Crippen LogP contribution in [-0.4, -0.2) is 32.6 Å². The molecular weight excluding hydrogens is 324 g/mol. The summed E-state index contributed by atoms with van der Waals surface area (Å²) in [5, 5.41) is 0. The van der Waals surface area contributed by atoms with E-state index in [1.807, 2.05) is 12.1 Å². The summed E-state index contributed by atoms with van der Waals surface area (Å²) in [6.07, 6.45) is 0. The van der Waals surface area contributed by atoms with Crippen LogP contribution in [0.1, 0.15) is 22.8 Å². The second-order valence-electron chi connectivity index (χ2n) is 5.22. The maximum atomic E-state index is 11.8. The molecule has 0 saturated heterocycles. The molecule has 6 nitrogen and oxygen atoms in total. The Hall–Kier alpha value is -3.02. The molecule has 0 heterocycles. The van der Waals surface area contributed by atoms with Gasteiger partial charge >= 0.3 is 5.97 Å². The van der Waals surface area contributed by atoms with Gasteiger partial charge in [0.05, 0.1) is 14.2 Å². The van der Waals surface area contributed by atoms with Crippen molar-refractivity contribution in [2.75, 3.05) is 20.8 Å². The lowest BCUT2D eigenvalue weighted by Crippen LogP contribution is -2.15. The SMILES string of the molecule is COc1ccc(COC(=O)COc2ccc(C(C)=O)cc2OC)cc1. The third-order valence-corrected chi connectivity index (χ3v) is 3.47. The van der Waals surface area contributed by atoms with Crippen molar-refractivity contribution in [1.29, 1.82) is 0 Å². The standard InChI is InChI=1S/C19H20O6/c1-13(20)15-6-9-17(18(10-15)23-3)24-12-19(21)25-11-14-4-7-16(22-2)8-5-14/h4-10H,11-12H2,1-3H3. The van der Waals surface area contributed by atoms with E-state index in [0.29, 0.717) is 17.1 Å². The summed E-state index contributed by atoms with van der Waals surface area (Å²) < 4.78 is 20.8. The lowest BCUT2D eigenvalue weighted by Gasteiger charge is -2.11. The Bertz CT molecular complexity index is 736. The minimum Gasteiger partial charge on any atom is -0.497 e. The predicted octanol–water partition coefficient (Wildman–Crippen LogP) is 3.03. The first kappa shape index (κ1) is 18.3. The fraction of sp³-hybridized carbons (Fsp3) is 0.263. The van der Waals surface area contributed by atoms with Crippen LogP contribution in [0.2, 0.25) is 0 Å². The summed E-state index contributed by atoms with van der Waals surface area (Å²) in [6.45, 7) is 1.35. The van der Waals surface area contributed by atoms with Crippen molar-refractivity contribution >= 4 is 11.8 Å². The molecule has 0 spiro atoms. The monoisotopic (exact) mass is 344 g/mol. The topological polar surface area (TPSA) is 71.1 Å². The molecule has 0 fully saturated rings. The zero-order valence-electron chi connectivity index (χ0n) is 14.4. The van der Waals surface area contributed by atoms with Crippen LogP contribution >= 0.6 is 0 Å². The molecule has 0 aliphatic heterocycles. The molecule has 0 amide bonds. The van der Waals surface area contributed by atoms with Gasteiger partial charge in [-0.1, -0.05) is 12.1 Å². The molecule has 0 N–H and O–H groups in total. The number of hydrogen-bond donors (Lipinski definition) is 0. The highest BCUT2D eigenvalue weighted by molar-refractivity contribution is 5.94. The van der Waals surface area contributed by atoms with E-state index in [9.17, 15) is 9.59 Å². The number of rotatable bonds is 8. The highest BCUT2D eigenvalue weighted by Crippen LogP contribution is 2.28. The molecule has 2 rings (SSSR count). The molecule has 0 aromatic heterocycles. The van der Waals surface area contributed by atoms with Gasteiger partial charge in [0.1, 0.15) is 12.4 Å². The minimum atomic E-state index is -0.506. The van der Waals surface area contributed by atoms with Crippen LogP contribution in [0.25, 0.3) is 0 Å². The van der Waals surface area contributed by atoms with Crippen molar-refractivity contribution in [3.05, 3.63) is 53.6 Å². The zero-order valence-corrected chi connectivity index (χ0v) is 14.4. The van der Waals surface area contributed by atoms with E-state index in [4.69, 9.17) is 18.9 Å². The predicted molar refractivity (Wildman–Crippen MR) is 91.3 cm³/mol. The molecule has 132 valence electrons. The van der Waals surface area contributed by atoms with Gasteiger partial charge in [-0.25, -0.2) is 4.79 Å². The summed E-state index contributed by atoms with van der Waals surface area (Å²) in [4.78, 5) is 23.2. The van der Waals surface area contributed by atoms with E-state index in [1.54, 1.807) is 37.4 Å². The Morgan fingerprint density at radius 3 is 2.24 bits per heavy atom. The summed E-state index contributed by atoms with van der Waals surface area (Å²) in [6, 6.07) is 12.0. The van der Waals surface area contributed by atoms with Gasteiger partial charge in [-0.2, -0.15) is 0 Å². The van der Waals surface area contributed by atoms with Gasteiger partial charge in [0.15, 0.2) is 23.9 Å². The molecule has 2 aromatic carbocycles. The van der Waals surface area contributed by atoms with Crippen LogP contribution < -0.4 is 14.2 Å². The quantitative estimate of drug-likeness (QED) is 0.541. The molecule has 0 unspecified atom stereocenters. The minimum absolute atomic E-state index is 0.0799. The molecule has 25 heavy (non-hydrogen) atoms. The van der Waals surface area contributed by atoms with Gasteiger partial charge in [-0.15, -0.1) is 0 Å². The second-order valence-corrected chi connectivity index (χ2v) is 5.22. The first-order valence-electron chi connectivity index (χ1n) is 7.64. The lowest BCUT2D eigenvalue weighted by atomic mass is 10.1. The van der Waals surface area contributed by atoms with E-state index in [1.165, 1.54) is 14.0 Å². The number of carbonyl (C=O) groups excluding carboxylic acids is 2. The number of esters is 1. The Morgan fingerprint density at radius 1 is 0.920 bits per heavy atom. The third-order valence-electron chi connectivity index (χ3n) is 3.47. The van der Waals surface area contributed by atoms with E-state index in [0.717, 1.165) is 11.3 Å². The first-order chi connectivity index (χ1) is 12.0. The average Bonchev–Trinajstić information content (AvgIpc) is 2.64. The number of ether oxygens (including phenoxy) is 4. The Balaban J connectivity index is 1.87. The second kappa shape index (κ2) is 8.73. The van der Waals surface area contributed by atoms with Crippen LogP contribution in [0.15, 0.2) is 42.5 Å². The molecule has 0 saturated carbocycles. The highest BCUT2D eigenvalue weighted by atomic mass is 16.6. The van der Waals surface area contributed by atoms with Crippen LogP contribution in [0, 0.1) is 0 Å². The number of carbonyl (C=O) groups is 2. The van der Waals surface area contributed by atoms with E-state index >= 15 is 0 Å². The van der Waals surface area contributed by atoms with Crippen LogP contribution in [-0.2, 0) is 16.1 Å². The van der Waals surface area contributed by atoms with Gasteiger partial charge in [0, 0.05) is 5.56 Å². The number of Topliss-reactive ketones (excluding diaryl/α,β-unsaturated/α-hetero) is 1. The highest BCUT2D eigenvalue weighted by Gasteiger charge is 2.11. The van der Waals surface area contributed by atoms with Crippen molar-refractivity contribution in [3.8, 4) is 17.2 Å². The molecule has 0 aliphatic carbocycles. The van der Waals surface area contributed by atoms with Gasteiger partial charge < -0.3 is 18.9 Å². The molecule has 0 aliphatic rings. The number of benzene rings is 2. The fourth-order valence-electron chi connectivity index (χ4n) is 2.07. The maximum absolute atomic E-state index is 11.8. The normalized spacial score (nSPS) is 10.0. The number of methoxy groups -OCH3 is 2. The lowest BCUT2D eigenvalue weighted by molar-refractivity contribution is -0.147. The average molecular weight is 344 g/mol. The van der Waals surface area contributed by atoms with Gasteiger partial charge in [-0.3, -0.25) is 4.79 Å². The molecule has 0 atom stereocenters. The number of ketones is 1. The number of hydrogen-bond acceptors (Lipinski definition) is 6. The largest absolute Gasteiger partial charge is 0.497 e. The summed E-state index contributed by atoms with van der Waals surface area (Å²) in [5.74, 6) is 0.904. The summed E-state index contributed by atoms with van der Waals surface area (Å²) in [5.41, 5.74) is 1.35.